The van der Waals surface area contributed by atoms with Gasteiger partial charge in [0.1, 0.15) is 5.69 Å². The summed E-state index contributed by atoms with van der Waals surface area (Å²) in [6.45, 7) is 10.7. The zero-order valence-electron chi connectivity index (χ0n) is 19.4. The third-order valence-electron chi connectivity index (χ3n) is 5.51. The molecule has 0 spiro atoms. The second kappa shape index (κ2) is 10.2. The highest BCUT2D eigenvalue weighted by Gasteiger charge is 2.22. The Balaban J connectivity index is 1.88. The van der Waals surface area contributed by atoms with E-state index in [9.17, 15) is 9.59 Å². The van der Waals surface area contributed by atoms with E-state index in [-0.39, 0.29) is 12.0 Å². The number of aromatic nitrogens is 1. The van der Waals surface area contributed by atoms with Crippen LogP contribution in [0.25, 0.3) is 0 Å². The number of esters is 1. The van der Waals surface area contributed by atoms with Gasteiger partial charge in [-0.25, -0.2) is 9.59 Å². The lowest BCUT2D eigenvalue weighted by Gasteiger charge is -2.24. The lowest BCUT2D eigenvalue weighted by molar-refractivity contribution is 0.0519. The van der Waals surface area contributed by atoms with Crippen molar-refractivity contribution in [3.63, 3.8) is 0 Å². The fraction of sp³-hybridized carbons (Fsp3) is 0.308. The van der Waals surface area contributed by atoms with Gasteiger partial charge < -0.3 is 19.9 Å². The third kappa shape index (κ3) is 5.58. The average molecular weight is 434 g/mol. The summed E-state index contributed by atoms with van der Waals surface area (Å²) in [5.74, 6) is -0.381. The van der Waals surface area contributed by atoms with E-state index in [0.717, 1.165) is 33.6 Å². The minimum atomic E-state index is -0.381. The number of H-pyrrole nitrogens is 1. The summed E-state index contributed by atoms with van der Waals surface area (Å²) >= 11 is 0. The highest BCUT2D eigenvalue weighted by Crippen LogP contribution is 2.23. The summed E-state index contributed by atoms with van der Waals surface area (Å²) in [6.07, 6.45) is 0. The third-order valence-corrected chi connectivity index (χ3v) is 5.51. The van der Waals surface area contributed by atoms with E-state index >= 15 is 0 Å². The van der Waals surface area contributed by atoms with Crippen molar-refractivity contribution in [2.75, 3.05) is 11.9 Å². The number of amides is 2. The Bertz CT molecular complexity index is 1080. The van der Waals surface area contributed by atoms with Crippen LogP contribution in [0.4, 0.5) is 10.5 Å². The first-order valence-corrected chi connectivity index (χ1v) is 10.8. The molecule has 168 valence electrons. The monoisotopic (exact) mass is 433 g/mol. The van der Waals surface area contributed by atoms with Crippen LogP contribution in [0.15, 0.2) is 48.5 Å². The van der Waals surface area contributed by atoms with E-state index in [0.29, 0.717) is 25.4 Å². The molecule has 0 atom stereocenters. The summed E-state index contributed by atoms with van der Waals surface area (Å²) in [5.41, 5.74) is 7.08. The topological polar surface area (TPSA) is 74.4 Å². The molecule has 0 bridgehead atoms. The average Bonchev–Trinajstić information content (AvgIpc) is 3.04. The Hall–Kier alpha value is -3.54. The standard InChI is InChI=1S/C26H31N3O3/c1-6-32-25(30)24-19(4)23(20(5)27-24)16-29(15-21-11-7-17(2)8-12-21)26(31)28-22-13-9-18(3)10-14-22/h7-14,27H,6,15-16H2,1-5H3,(H,28,31). The molecule has 0 saturated heterocycles. The van der Waals surface area contributed by atoms with Gasteiger partial charge >= 0.3 is 12.0 Å². The highest BCUT2D eigenvalue weighted by atomic mass is 16.5. The van der Waals surface area contributed by atoms with Crippen LogP contribution >= 0.6 is 0 Å². The molecule has 2 N–H and O–H groups in total. The van der Waals surface area contributed by atoms with Crippen LogP contribution in [0, 0.1) is 27.7 Å². The van der Waals surface area contributed by atoms with Crippen LogP contribution in [0.5, 0.6) is 0 Å². The summed E-state index contributed by atoms with van der Waals surface area (Å²) < 4.78 is 5.16. The molecule has 0 radical (unpaired) electrons. The molecular formula is C26H31N3O3. The Kier molecular flexibility index (Phi) is 7.36. The largest absolute Gasteiger partial charge is 0.461 e. The first-order valence-electron chi connectivity index (χ1n) is 10.8. The lowest BCUT2D eigenvalue weighted by atomic mass is 10.1. The second-order valence-electron chi connectivity index (χ2n) is 8.09. The van der Waals surface area contributed by atoms with Crippen LogP contribution < -0.4 is 5.32 Å². The van der Waals surface area contributed by atoms with Crippen LogP contribution in [-0.4, -0.2) is 28.5 Å². The van der Waals surface area contributed by atoms with Gasteiger partial charge in [0.15, 0.2) is 0 Å². The second-order valence-corrected chi connectivity index (χ2v) is 8.09. The number of rotatable bonds is 7. The van der Waals surface area contributed by atoms with E-state index in [2.05, 4.69) is 10.3 Å². The molecular weight excluding hydrogens is 402 g/mol. The quantitative estimate of drug-likeness (QED) is 0.472. The number of aromatic amines is 1. The van der Waals surface area contributed by atoms with E-state index < -0.39 is 0 Å². The number of nitrogens with one attached hydrogen (secondary N) is 2. The maximum absolute atomic E-state index is 13.3. The van der Waals surface area contributed by atoms with Crippen molar-refractivity contribution in [1.29, 1.82) is 0 Å². The van der Waals surface area contributed by atoms with Crippen LogP contribution in [0.1, 0.15) is 50.9 Å². The van der Waals surface area contributed by atoms with E-state index in [1.165, 1.54) is 5.56 Å². The number of benzene rings is 2. The van der Waals surface area contributed by atoms with E-state index in [4.69, 9.17) is 4.74 Å². The van der Waals surface area contributed by atoms with Gasteiger partial charge in [-0.3, -0.25) is 0 Å². The normalized spacial score (nSPS) is 10.7. The Morgan fingerprint density at radius 3 is 2.09 bits per heavy atom. The maximum Gasteiger partial charge on any atom is 0.355 e. The Morgan fingerprint density at radius 1 is 0.906 bits per heavy atom. The van der Waals surface area contributed by atoms with Crippen molar-refractivity contribution in [3.8, 4) is 0 Å². The predicted molar refractivity (Wildman–Crippen MR) is 127 cm³/mol. The maximum atomic E-state index is 13.3. The van der Waals surface area contributed by atoms with Crippen molar-refractivity contribution in [1.82, 2.24) is 9.88 Å². The van der Waals surface area contributed by atoms with Crippen molar-refractivity contribution >= 4 is 17.7 Å². The van der Waals surface area contributed by atoms with Gasteiger partial charge in [0.2, 0.25) is 0 Å². The van der Waals surface area contributed by atoms with Crippen LogP contribution in [-0.2, 0) is 17.8 Å². The number of urea groups is 1. The first kappa shape index (κ1) is 23.1. The van der Waals surface area contributed by atoms with Gasteiger partial charge in [-0.1, -0.05) is 47.5 Å². The van der Waals surface area contributed by atoms with E-state index in [1.54, 1.807) is 11.8 Å². The summed E-state index contributed by atoms with van der Waals surface area (Å²) in [6, 6.07) is 15.6. The number of hydrogen-bond acceptors (Lipinski definition) is 3. The number of nitrogens with zero attached hydrogens (tertiary/aromatic N) is 1. The fourth-order valence-electron chi connectivity index (χ4n) is 3.58. The van der Waals surface area contributed by atoms with Gasteiger partial charge in [-0.2, -0.15) is 0 Å². The summed E-state index contributed by atoms with van der Waals surface area (Å²) in [7, 11) is 0. The van der Waals surface area contributed by atoms with Gasteiger partial charge in [0, 0.05) is 24.5 Å². The molecule has 1 heterocycles. The zero-order valence-corrected chi connectivity index (χ0v) is 19.4. The van der Waals surface area contributed by atoms with Gasteiger partial charge in [-0.15, -0.1) is 0 Å². The number of carbonyl (C=O) groups excluding carboxylic acids is 2. The Morgan fingerprint density at radius 2 is 1.50 bits per heavy atom. The van der Waals surface area contributed by atoms with Crippen molar-refractivity contribution in [2.24, 2.45) is 0 Å². The number of ether oxygens (including phenoxy) is 1. The number of hydrogen-bond donors (Lipinski definition) is 2. The van der Waals surface area contributed by atoms with Gasteiger partial charge in [-0.05, 0) is 63.4 Å². The molecule has 2 amide bonds. The molecule has 0 unspecified atom stereocenters. The lowest BCUT2D eigenvalue weighted by Crippen LogP contribution is -2.34. The first-order chi connectivity index (χ1) is 15.3. The molecule has 3 aromatic rings. The molecule has 6 nitrogen and oxygen atoms in total. The molecule has 0 aliphatic rings. The number of carbonyl (C=O) groups is 2. The molecule has 3 rings (SSSR count). The van der Waals surface area contributed by atoms with Crippen molar-refractivity contribution in [2.45, 2.75) is 47.7 Å². The van der Waals surface area contributed by atoms with Crippen LogP contribution in [0.2, 0.25) is 0 Å². The van der Waals surface area contributed by atoms with Gasteiger partial charge in [0.05, 0.1) is 6.61 Å². The Labute approximate surface area is 189 Å². The zero-order chi connectivity index (χ0) is 23.3. The molecule has 0 fully saturated rings. The minimum absolute atomic E-state index is 0.202. The van der Waals surface area contributed by atoms with Gasteiger partial charge in [0.25, 0.3) is 0 Å². The molecule has 0 aliphatic carbocycles. The minimum Gasteiger partial charge on any atom is -0.461 e. The molecule has 0 aliphatic heterocycles. The number of anilines is 1. The molecule has 6 heteroatoms. The summed E-state index contributed by atoms with van der Waals surface area (Å²) in [5, 5.41) is 3.00. The summed E-state index contributed by atoms with van der Waals surface area (Å²) in [4.78, 5) is 30.4. The molecule has 1 aromatic heterocycles. The smallest absolute Gasteiger partial charge is 0.355 e. The molecule has 2 aromatic carbocycles. The predicted octanol–water partition coefficient (Wildman–Crippen LogP) is 5.66. The fourth-order valence-corrected chi connectivity index (χ4v) is 3.58. The number of aryl methyl sites for hydroxylation is 3. The molecule has 32 heavy (non-hydrogen) atoms. The SMILES string of the molecule is CCOC(=O)c1[nH]c(C)c(CN(Cc2ccc(C)cc2)C(=O)Nc2ccc(C)cc2)c1C. The highest BCUT2D eigenvalue weighted by molar-refractivity contribution is 5.91. The van der Waals surface area contributed by atoms with Crippen LogP contribution in [0.3, 0.4) is 0 Å². The molecule has 0 saturated carbocycles. The van der Waals surface area contributed by atoms with Crippen molar-refractivity contribution in [3.05, 3.63) is 87.7 Å². The van der Waals surface area contributed by atoms with Crippen molar-refractivity contribution < 1.29 is 14.3 Å². The van der Waals surface area contributed by atoms with E-state index in [1.807, 2.05) is 76.2 Å².